The molecule has 1 fully saturated rings. The fraction of sp³-hybridized carbons (Fsp3) is 0.200. The van der Waals surface area contributed by atoms with Crippen LogP contribution in [0, 0.1) is 5.92 Å². The van der Waals surface area contributed by atoms with Gasteiger partial charge in [-0.1, -0.05) is 52.8 Å². The molecule has 0 aliphatic carbocycles. The Morgan fingerprint density at radius 1 is 1.26 bits per heavy atom. The molecule has 2 aromatic rings. The summed E-state index contributed by atoms with van der Waals surface area (Å²) in [5, 5.41) is 6.46. The summed E-state index contributed by atoms with van der Waals surface area (Å²) in [6, 6.07) is 15.1. The maximum atomic E-state index is 12.4. The molecule has 0 saturated carbocycles. The Hall–Kier alpha value is -2.38. The van der Waals surface area contributed by atoms with Crippen LogP contribution in [0.5, 0.6) is 5.75 Å². The van der Waals surface area contributed by atoms with Crippen molar-refractivity contribution in [1.29, 1.82) is 0 Å². The maximum absolute atomic E-state index is 12.4. The Bertz CT molecular complexity index is 873. The van der Waals surface area contributed by atoms with Crippen molar-refractivity contribution in [3.8, 4) is 5.75 Å². The molecule has 2 atom stereocenters. The van der Waals surface area contributed by atoms with Crippen LogP contribution >= 0.6 is 28.1 Å². The highest BCUT2D eigenvalue weighted by Crippen LogP contribution is 2.37. The maximum Gasteiger partial charge on any atom is 0.317 e. The smallest absolute Gasteiger partial charge is 0.317 e. The fourth-order valence-corrected chi connectivity index (χ4v) is 3.61. The molecule has 5 nitrogen and oxygen atoms in total. The number of hydrogen-bond donors (Lipinski definition) is 2. The SMILES string of the molecule is C=C1NC(=S)N[C@@H](c2cc(Br)ccc2OCc2ccccc2)[C@@H]1C(=O)OC. The normalized spacial score (nSPS) is 19.0. The van der Waals surface area contributed by atoms with E-state index in [-0.39, 0.29) is 0 Å². The van der Waals surface area contributed by atoms with E-state index in [1.165, 1.54) is 7.11 Å². The molecule has 0 bridgehead atoms. The van der Waals surface area contributed by atoms with Gasteiger partial charge in [-0.15, -0.1) is 0 Å². The lowest BCUT2D eigenvalue weighted by atomic mass is 9.88. The van der Waals surface area contributed by atoms with E-state index >= 15 is 0 Å². The van der Waals surface area contributed by atoms with Crippen molar-refractivity contribution in [1.82, 2.24) is 10.6 Å². The molecule has 1 aliphatic rings. The van der Waals surface area contributed by atoms with Crippen LogP contribution in [0.4, 0.5) is 0 Å². The van der Waals surface area contributed by atoms with Gasteiger partial charge < -0.3 is 20.1 Å². The first kappa shape index (κ1) is 19.4. The Morgan fingerprint density at radius 3 is 2.70 bits per heavy atom. The van der Waals surface area contributed by atoms with Gasteiger partial charge in [-0.3, -0.25) is 4.79 Å². The number of methoxy groups -OCH3 is 1. The van der Waals surface area contributed by atoms with Crippen LogP contribution in [-0.4, -0.2) is 18.2 Å². The van der Waals surface area contributed by atoms with Crippen molar-refractivity contribution in [3.63, 3.8) is 0 Å². The minimum absolute atomic E-state index is 0.401. The molecule has 0 unspecified atom stereocenters. The standard InChI is InChI=1S/C20H19BrN2O3S/c1-12-17(19(24)25-2)18(23-20(27)22-12)15-10-14(21)8-9-16(15)26-11-13-6-4-3-5-7-13/h3-10,17-18H,1,11H2,2H3,(H2,22,23,27)/t17-,18+/m1/s1. The third-order valence-electron chi connectivity index (χ3n) is 4.27. The molecule has 27 heavy (non-hydrogen) atoms. The molecule has 3 rings (SSSR count). The van der Waals surface area contributed by atoms with E-state index in [0.29, 0.717) is 23.2 Å². The molecule has 1 aliphatic heterocycles. The van der Waals surface area contributed by atoms with E-state index in [1.54, 1.807) is 0 Å². The number of benzene rings is 2. The molecule has 0 amide bonds. The third-order valence-corrected chi connectivity index (χ3v) is 4.98. The number of esters is 1. The van der Waals surface area contributed by atoms with Gasteiger partial charge in [0, 0.05) is 15.7 Å². The molecule has 0 spiro atoms. The van der Waals surface area contributed by atoms with Gasteiger partial charge in [0.2, 0.25) is 0 Å². The number of carbonyl (C=O) groups is 1. The van der Waals surface area contributed by atoms with E-state index in [2.05, 4.69) is 33.1 Å². The molecule has 140 valence electrons. The van der Waals surface area contributed by atoms with Gasteiger partial charge in [-0.25, -0.2) is 0 Å². The number of hydrogen-bond acceptors (Lipinski definition) is 4. The number of ether oxygens (including phenoxy) is 2. The first-order valence-corrected chi connectivity index (χ1v) is 9.50. The molecular weight excluding hydrogens is 428 g/mol. The van der Waals surface area contributed by atoms with Gasteiger partial charge in [0.1, 0.15) is 18.3 Å². The quantitative estimate of drug-likeness (QED) is 0.537. The van der Waals surface area contributed by atoms with E-state index in [1.807, 2.05) is 48.5 Å². The van der Waals surface area contributed by atoms with Crippen LogP contribution in [0.1, 0.15) is 17.2 Å². The van der Waals surface area contributed by atoms with E-state index in [0.717, 1.165) is 15.6 Å². The molecule has 1 saturated heterocycles. The summed E-state index contributed by atoms with van der Waals surface area (Å²) >= 11 is 8.76. The van der Waals surface area contributed by atoms with Crippen LogP contribution in [0.25, 0.3) is 0 Å². The molecule has 0 aromatic heterocycles. The topological polar surface area (TPSA) is 59.6 Å². The first-order chi connectivity index (χ1) is 13.0. The summed E-state index contributed by atoms with van der Waals surface area (Å²) in [6.45, 7) is 4.36. The summed E-state index contributed by atoms with van der Waals surface area (Å²) in [5.74, 6) is -0.387. The van der Waals surface area contributed by atoms with Gasteiger partial charge in [0.05, 0.1) is 13.2 Å². The summed E-state index contributed by atoms with van der Waals surface area (Å²) in [7, 11) is 1.35. The lowest BCUT2D eigenvalue weighted by Gasteiger charge is -2.35. The second kappa shape index (κ2) is 8.54. The van der Waals surface area contributed by atoms with Crippen molar-refractivity contribution in [3.05, 3.63) is 76.4 Å². The van der Waals surface area contributed by atoms with E-state index in [9.17, 15) is 4.79 Å². The minimum Gasteiger partial charge on any atom is -0.489 e. The van der Waals surface area contributed by atoms with E-state index < -0.39 is 17.9 Å². The van der Waals surface area contributed by atoms with Crippen LogP contribution in [0.2, 0.25) is 0 Å². The average molecular weight is 447 g/mol. The molecule has 7 heteroatoms. The minimum atomic E-state index is -0.643. The number of nitrogens with one attached hydrogen (secondary N) is 2. The molecule has 1 heterocycles. The van der Waals surface area contributed by atoms with Crippen LogP contribution in [0.15, 0.2) is 65.3 Å². The van der Waals surface area contributed by atoms with Crippen LogP contribution < -0.4 is 15.4 Å². The fourth-order valence-electron chi connectivity index (χ4n) is 2.98. The van der Waals surface area contributed by atoms with Gasteiger partial charge in [0.25, 0.3) is 0 Å². The zero-order valence-corrected chi connectivity index (χ0v) is 17.1. The lowest BCUT2D eigenvalue weighted by Crippen LogP contribution is -2.50. The number of carbonyl (C=O) groups excluding carboxylic acids is 1. The monoisotopic (exact) mass is 446 g/mol. The number of halogens is 1. The number of rotatable bonds is 5. The Balaban J connectivity index is 1.95. The van der Waals surface area contributed by atoms with Gasteiger partial charge in [-0.05, 0) is 36.0 Å². The summed E-state index contributed by atoms with van der Waals surface area (Å²) in [5.41, 5.74) is 2.33. The second-order valence-corrected chi connectivity index (χ2v) is 7.38. The third kappa shape index (κ3) is 4.48. The molecule has 0 radical (unpaired) electrons. The average Bonchev–Trinajstić information content (AvgIpc) is 2.66. The Kier molecular flexibility index (Phi) is 6.13. The van der Waals surface area contributed by atoms with Crippen LogP contribution in [-0.2, 0) is 16.1 Å². The van der Waals surface area contributed by atoms with Gasteiger partial charge in [0.15, 0.2) is 5.11 Å². The van der Waals surface area contributed by atoms with Gasteiger partial charge in [-0.2, -0.15) is 0 Å². The highest BCUT2D eigenvalue weighted by atomic mass is 79.9. The molecular formula is C20H19BrN2O3S. The zero-order chi connectivity index (χ0) is 19.4. The summed E-state index contributed by atoms with van der Waals surface area (Å²) in [4.78, 5) is 12.4. The van der Waals surface area contributed by atoms with E-state index in [4.69, 9.17) is 21.7 Å². The van der Waals surface area contributed by atoms with Crippen molar-refractivity contribution in [2.75, 3.05) is 7.11 Å². The van der Waals surface area contributed by atoms with Crippen molar-refractivity contribution in [2.24, 2.45) is 5.92 Å². The molecule has 2 aromatic carbocycles. The predicted molar refractivity (Wildman–Crippen MR) is 111 cm³/mol. The van der Waals surface area contributed by atoms with Crippen molar-refractivity contribution < 1.29 is 14.3 Å². The largest absolute Gasteiger partial charge is 0.489 e. The lowest BCUT2D eigenvalue weighted by molar-refractivity contribution is -0.145. The second-order valence-electron chi connectivity index (χ2n) is 6.06. The van der Waals surface area contributed by atoms with Gasteiger partial charge >= 0.3 is 5.97 Å². The Morgan fingerprint density at radius 2 is 2.00 bits per heavy atom. The summed E-state index contributed by atoms with van der Waals surface area (Å²) < 4.78 is 11.9. The van der Waals surface area contributed by atoms with Crippen molar-refractivity contribution >= 4 is 39.2 Å². The van der Waals surface area contributed by atoms with Crippen molar-refractivity contribution in [2.45, 2.75) is 12.6 Å². The predicted octanol–water partition coefficient (Wildman–Crippen LogP) is 3.85. The van der Waals surface area contributed by atoms with Crippen LogP contribution in [0.3, 0.4) is 0 Å². The first-order valence-electron chi connectivity index (χ1n) is 8.30. The summed E-state index contributed by atoms with van der Waals surface area (Å²) in [6.07, 6.45) is 0. The Labute approximate surface area is 171 Å². The number of thiocarbonyl (C=S) groups is 1. The highest BCUT2D eigenvalue weighted by molar-refractivity contribution is 9.10. The highest BCUT2D eigenvalue weighted by Gasteiger charge is 2.38. The zero-order valence-electron chi connectivity index (χ0n) is 14.7. The molecule has 2 N–H and O–H groups in total.